The highest BCUT2D eigenvalue weighted by Crippen LogP contribution is 2.11. The molecule has 98 valence electrons. The first-order chi connectivity index (χ1) is 8.10. The Bertz CT molecular complexity index is 330. The van der Waals surface area contributed by atoms with E-state index >= 15 is 0 Å². The van der Waals surface area contributed by atoms with Crippen molar-refractivity contribution in [3.63, 3.8) is 0 Å². The van der Waals surface area contributed by atoms with Crippen LogP contribution in [0.4, 0.5) is 5.95 Å². The molecule has 0 spiro atoms. The molecule has 1 N–H and O–H groups in total. The summed E-state index contributed by atoms with van der Waals surface area (Å²) in [6.07, 6.45) is 5.63. The minimum atomic E-state index is 0.623. The van der Waals surface area contributed by atoms with E-state index in [2.05, 4.69) is 35.8 Å². The number of nitrogens with one attached hydrogen (secondary N) is 1. The first-order valence-electron chi connectivity index (χ1n) is 6.51. The van der Waals surface area contributed by atoms with Gasteiger partial charge in [0, 0.05) is 33.7 Å². The van der Waals surface area contributed by atoms with E-state index in [-0.39, 0.29) is 0 Å². The van der Waals surface area contributed by atoms with Gasteiger partial charge < -0.3 is 14.8 Å². The van der Waals surface area contributed by atoms with Crippen LogP contribution in [0, 0.1) is 0 Å². The molecule has 4 heteroatoms. The van der Waals surface area contributed by atoms with Crippen LogP contribution in [0.3, 0.4) is 0 Å². The summed E-state index contributed by atoms with van der Waals surface area (Å²) in [6.45, 7) is 5.37. The third-order valence-corrected chi connectivity index (χ3v) is 3.16. The van der Waals surface area contributed by atoms with Crippen LogP contribution in [0.15, 0.2) is 6.20 Å². The molecule has 0 amide bonds. The van der Waals surface area contributed by atoms with E-state index in [9.17, 15) is 0 Å². The van der Waals surface area contributed by atoms with Gasteiger partial charge >= 0.3 is 0 Å². The molecule has 0 radical (unpaired) electrons. The molecule has 1 unspecified atom stereocenters. The largest absolute Gasteiger partial charge is 0.348 e. The third kappa shape index (κ3) is 3.73. The molecule has 1 aromatic rings. The van der Waals surface area contributed by atoms with Crippen molar-refractivity contribution < 1.29 is 0 Å². The second-order valence-corrected chi connectivity index (χ2v) is 4.78. The van der Waals surface area contributed by atoms with Gasteiger partial charge in [0.1, 0.15) is 0 Å². The average Bonchev–Trinajstić information content (AvgIpc) is 2.66. The fourth-order valence-electron chi connectivity index (χ4n) is 2.06. The van der Waals surface area contributed by atoms with Crippen molar-refractivity contribution in [1.82, 2.24) is 14.9 Å². The molecule has 0 aromatic carbocycles. The molecule has 0 aliphatic rings. The quantitative estimate of drug-likeness (QED) is 0.790. The monoisotopic (exact) mass is 238 g/mol. The van der Waals surface area contributed by atoms with Crippen LogP contribution >= 0.6 is 0 Å². The zero-order valence-corrected chi connectivity index (χ0v) is 11.8. The van der Waals surface area contributed by atoms with Gasteiger partial charge in [0.15, 0.2) is 0 Å². The van der Waals surface area contributed by atoms with Crippen LogP contribution in [0.2, 0.25) is 0 Å². The van der Waals surface area contributed by atoms with Crippen molar-refractivity contribution in [3.05, 3.63) is 11.9 Å². The maximum absolute atomic E-state index is 4.41. The highest BCUT2D eigenvalue weighted by molar-refractivity contribution is 5.30. The molecular weight excluding hydrogens is 212 g/mol. The number of anilines is 1. The molecule has 1 aromatic heterocycles. The molecule has 1 rings (SSSR count). The second-order valence-electron chi connectivity index (χ2n) is 4.78. The van der Waals surface area contributed by atoms with Crippen LogP contribution in [0.1, 0.15) is 38.8 Å². The highest BCUT2D eigenvalue weighted by Gasteiger charge is 2.09. The third-order valence-electron chi connectivity index (χ3n) is 3.16. The molecule has 4 nitrogen and oxygen atoms in total. The number of hydrogen-bond donors (Lipinski definition) is 1. The van der Waals surface area contributed by atoms with Gasteiger partial charge in [-0.15, -0.1) is 0 Å². The Hall–Kier alpha value is -1.03. The van der Waals surface area contributed by atoms with Crippen molar-refractivity contribution in [2.24, 2.45) is 7.05 Å². The Labute approximate surface area is 105 Å². The van der Waals surface area contributed by atoms with Gasteiger partial charge in [0.25, 0.3) is 0 Å². The molecule has 0 aliphatic carbocycles. The number of imidazole rings is 1. The van der Waals surface area contributed by atoms with Crippen LogP contribution in [0.25, 0.3) is 0 Å². The van der Waals surface area contributed by atoms with E-state index in [1.165, 1.54) is 25.0 Å². The van der Waals surface area contributed by atoms with Gasteiger partial charge in [-0.3, -0.25) is 0 Å². The SMILES string of the molecule is CCCC(CC)NCc1cnc(N(C)C)n1C. The van der Waals surface area contributed by atoms with E-state index in [1.54, 1.807) is 0 Å². The van der Waals surface area contributed by atoms with E-state index in [1.807, 2.05) is 25.2 Å². The fraction of sp³-hybridized carbons (Fsp3) is 0.769. The predicted molar refractivity (Wildman–Crippen MR) is 73.4 cm³/mol. The van der Waals surface area contributed by atoms with E-state index < -0.39 is 0 Å². The Balaban J connectivity index is 2.57. The molecular formula is C13H26N4. The lowest BCUT2D eigenvalue weighted by Crippen LogP contribution is -2.28. The van der Waals surface area contributed by atoms with Crippen molar-refractivity contribution >= 4 is 5.95 Å². The predicted octanol–water partition coefficient (Wildman–Crippen LogP) is 2.15. The standard InChI is InChI=1S/C13H26N4/c1-6-8-11(7-2)14-9-12-10-15-13(16(3)4)17(12)5/h10-11,14H,6-9H2,1-5H3. The van der Waals surface area contributed by atoms with Crippen LogP contribution in [-0.2, 0) is 13.6 Å². The molecule has 1 heterocycles. The average molecular weight is 238 g/mol. The number of hydrogen-bond acceptors (Lipinski definition) is 3. The maximum Gasteiger partial charge on any atom is 0.204 e. The first kappa shape index (κ1) is 14.0. The maximum atomic E-state index is 4.41. The van der Waals surface area contributed by atoms with Gasteiger partial charge in [0.05, 0.1) is 11.9 Å². The topological polar surface area (TPSA) is 33.1 Å². The minimum absolute atomic E-state index is 0.623. The summed E-state index contributed by atoms with van der Waals surface area (Å²) in [5, 5.41) is 3.60. The van der Waals surface area contributed by atoms with Crippen LogP contribution < -0.4 is 10.2 Å². The zero-order chi connectivity index (χ0) is 12.8. The van der Waals surface area contributed by atoms with Gasteiger partial charge in [-0.2, -0.15) is 0 Å². The Morgan fingerprint density at radius 2 is 2.12 bits per heavy atom. The number of aromatic nitrogens is 2. The molecule has 0 bridgehead atoms. The zero-order valence-electron chi connectivity index (χ0n) is 11.8. The van der Waals surface area contributed by atoms with Crippen molar-refractivity contribution in [1.29, 1.82) is 0 Å². The normalized spacial score (nSPS) is 12.8. The lowest BCUT2D eigenvalue weighted by atomic mass is 10.1. The van der Waals surface area contributed by atoms with Crippen molar-refractivity contribution in [2.75, 3.05) is 19.0 Å². The Morgan fingerprint density at radius 3 is 2.59 bits per heavy atom. The fourth-order valence-corrected chi connectivity index (χ4v) is 2.06. The second kappa shape index (κ2) is 6.64. The Morgan fingerprint density at radius 1 is 1.41 bits per heavy atom. The van der Waals surface area contributed by atoms with Crippen molar-refractivity contribution in [3.8, 4) is 0 Å². The summed E-state index contributed by atoms with van der Waals surface area (Å²) in [4.78, 5) is 6.45. The van der Waals surface area contributed by atoms with Gasteiger partial charge in [-0.05, 0) is 12.8 Å². The summed E-state index contributed by atoms with van der Waals surface area (Å²) in [5.41, 5.74) is 1.24. The smallest absolute Gasteiger partial charge is 0.204 e. The van der Waals surface area contributed by atoms with Crippen LogP contribution in [-0.4, -0.2) is 29.7 Å². The van der Waals surface area contributed by atoms with Gasteiger partial charge in [-0.1, -0.05) is 20.3 Å². The number of nitrogens with zero attached hydrogens (tertiary/aromatic N) is 3. The molecule has 1 atom stereocenters. The molecule has 0 saturated heterocycles. The van der Waals surface area contributed by atoms with Crippen molar-refractivity contribution in [2.45, 2.75) is 45.7 Å². The lowest BCUT2D eigenvalue weighted by Gasteiger charge is -2.17. The summed E-state index contributed by atoms with van der Waals surface area (Å²) < 4.78 is 2.14. The molecule has 0 saturated carbocycles. The molecule has 0 aliphatic heterocycles. The molecule has 0 fully saturated rings. The van der Waals surface area contributed by atoms with Gasteiger partial charge in [0.2, 0.25) is 5.95 Å². The summed E-state index contributed by atoms with van der Waals surface area (Å²) in [6, 6.07) is 0.623. The van der Waals surface area contributed by atoms with E-state index in [4.69, 9.17) is 0 Å². The lowest BCUT2D eigenvalue weighted by molar-refractivity contribution is 0.456. The van der Waals surface area contributed by atoms with Crippen LogP contribution in [0.5, 0.6) is 0 Å². The summed E-state index contributed by atoms with van der Waals surface area (Å²) in [7, 11) is 6.11. The van der Waals surface area contributed by atoms with E-state index in [0.29, 0.717) is 6.04 Å². The summed E-state index contributed by atoms with van der Waals surface area (Å²) in [5.74, 6) is 1.00. The molecule has 17 heavy (non-hydrogen) atoms. The number of rotatable bonds is 7. The highest BCUT2D eigenvalue weighted by atomic mass is 15.3. The first-order valence-corrected chi connectivity index (χ1v) is 6.51. The van der Waals surface area contributed by atoms with E-state index in [0.717, 1.165) is 12.5 Å². The summed E-state index contributed by atoms with van der Waals surface area (Å²) >= 11 is 0. The minimum Gasteiger partial charge on any atom is -0.348 e. The van der Waals surface area contributed by atoms with Gasteiger partial charge in [-0.25, -0.2) is 4.98 Å². The Kier molecular flexibility index (Phi) is 5.48.